The topological polar surface area (TPSA) is 142 Å². The second-order valence-corrected chi connectivity index (χ2v) is 11.4. The Balaban J connectivity index is 0.000000803. The maximum atomic E-state index is 12.1. The molecule has 0 atom stereocenters. The highest BCUT2D eigenvalue weighted by Crippen LogP contribution is 2.41. The Bertz CT molecular complexity index is 1690. The van der Waals surface area contributed by atoms with Crippen molar-refractivity contribution in [1.82, 2.24) is 0 Å². The van der Waals surface area contributed by atoms with Gasteiger partial charge >= 0.3 is 56.7 Å². The lowest BCUT2D eigenvalue weighted by Crippen LogP contribution is -2.10. The molecule has 64 heavy (non-hydrogen) atoms. The molecule has 0 radical (unpaired) electrons. The lowest BCUT2D eigenvalue weighted by molar-refractivity contribution is -0.144. The number of halogens is 24. The minimum atomic E-state index is -4.92. The van der Waals surface area contributed by atoms with E-state index < -0.39 is 124 Å². The molecule has 0 aliphatic carbocycles. The Morgan fingerprint density at radius 2 is 0.297 bits per heavy atom. The molecular weight excluding hydrogens is 963 g/mol. The van der Waals surface area contributed by atoms with Gasteiger partial charge in [0.15, 0.2) is 0 Å². The highest BCUT2D eigenvalue weighted by Gasteiger charge is 2.40. The molecule has 0 unspecified atom stereocenters. The number of alkyl halides is 24. The van der Waals surface area contributed by atoms with Crippen molar-refractivity contribution in [3.05, 3.63) is 117 Å². The summed E-state index contributed by atoms with van der Waals surface area (Å²) in [6.45, 7) is 0. The monoisotopic (exact) mass is 982 g/mol. The molecule has 0 amide bonds. The van der Waals surface area contributed by atoms with Gasteiger partial charge in [-0.2, -0.15) is 105 Å². The Hall–Kier alpha value is -5.66. The molecule has 0 aliphatic rings. The van der Waals surface area contributed by atoms with E-state index in [2.05, 4.69) is 0 Å². The summed E-state index contributed by atoms with van der Waals surface area (Å²) >= 11 is 0. The Kier molecular flexibility index (Phi) is 19.0. The number of benzene rings is 4. The summed E-state index contributed by atoms with van der Waals surface area (Å²) in [5, 5.41) is 56.4. The largest absolute Gasteiger partial charge is 0.631 e. The Morgan fingerprint density at radius 1 is 0.219 bits per heavy atom. The van der Waals surface area contributed by atoms with E-state index in [-0.39, 0.29) is 72.8 Å². The van der Waals surface area contributed by atoms with Crippen molar-refractivity contribution in [1.29, 1.82) is 0 Å². The van der Waals surface area contributed by atoms with E-state index in [4.69, 9.17) is 35.5 Å². The molecule has 32 heteroatoms. The SMILES string of the molecule is OB(O)O.Oc1cc(C(F)(F)F)cc(C(F)(F)F)c1.Oc1cc(C(F)(F)F)cc(C(F)(F)F)c1.Oc1cc(C(F)(F)F)cc(C(F)(F)F)c1.Oc1cc(C(F)(F)F)cc(C(F)(F)F)c1. The predicted octanol–water partition coefficient (Wildman–Crippen LogP) is 11.7. The van der Waals surface area contributed by atoms with Gasteiger partial charge in [-0.3, -0.25) is 0 Å². The van der Waals surface area contributed by atoms with E-state index in [0.29, 0.717) is 0 Å². The zero-order valence-corrected chi connectivity index (χ0v) is 29.7. The minimum Gasteiger partial charge on any atom is -0.508 e. The quantitative estimate of drug-likeness (QED) is 0.0687. The maximum absolute atomic E-state index is 12.1. The Labute approximate surface area is 338 Å². The fourth-order valence-corrected chi connectivity index (χ4v) is 3.75. The van der Waals surface area contributed by atoms with Crippen LogP contribution in [0.4, 0.5) is 105 Å². The van der Waals surface area contributed by atoms with Crippen LogP contribution in [0.15, 0.2) is 72.8 Å². The maximum Gasteiger partial charge on any atom is 0.631 e. The molecule has 4 aromatic rings. The van der Waals surface area contributed by atoms with E-state index in [9.17, 15) is 105 Å². The van der Waals surface area contributed by atoms with Crippen molar-refractivity contribution >= 4 is 7.32 Å². The van der Waals surface area contributed by atoms with Gasteiger partial charge in [0.1, 0.15) is 23.0 Å². The van der Waals surface area contributed by atoms with Crippen molar-refractivity contribution in [3.63, 3.8) is 0 Å². The first-order valence-electron chi connectivity index (χ1n) is 15.1. The van der Waals surface area contributed by atoms with Crippen molar-refractivity contribution in [2.24, 2.45) is 0 Å². The van der Waals surface area contributed by atoms with Crippen molar-refractivity contribution in [2.75, 3.05) is 0 Å². The summed E-state index contributed by atoms with van der Waals surface area (Å²) in [6.07, 6.45) is -39.3. The summed E-state index contributed by atoms with van der Waals surface area (Å²) in [5.41, 5.74) is -12.3. The van der Waals surface area contributed by atoms with Crippen molar-refractivity contribution in [3.8, 4) is 23.0 Å². The van der Waals surface area contributed by atoms with Crippen LogP contribution in [0.25, 0.3) is 0 Å². The summed E-state index contributed by atoms with van der Waals surface area (Å²) in [5.74, 6) is -4.29. The molecule has 7 nitrogen and oxygen atoms in total. The number of phenolic OH excluding ortho intramolecular Hbond substituents is 4. The van der Waals surface area contributed by atoms with Gasteiger partial charge in [-0.05, 0) is 72.8 Å². The van der Waals surface area contributed by atoms with E-state index in [1.54, 1.807) is 0 Å². The third-order valence-electron chi connectivity index (χ3n) is 6.29. The third-order valence-corrected chi connectivity index (χ3v) is 6.29. The van der Waals surface area contributed by atoms with Crippen LogP contribution in [0.1, 0.15) is 44.5 Å². The molecule has 0 bridgehead atoms. The van der Waals surface area contributed by atoms with Crippen LogP contribution in [0.3, 0.4) is 0 Å². The zero-order chi connectivity index (χ0) is 51.0. The molecule has 0 aromatic heterocycles. The summed E-state index contributed by atoms with van der Waals surface area (Å²) < 4.78 is 289. The average Bonchev–Trinajstić information content (AvgIpc) is 3.05. The smallest absolute Gasteiger partial charge is 0.508 e. The van der Waals surface area contributed by atoms with Gasteiger partial charge in [-0.15, -0.1) is 0 Å². The minimum absolute atomic E-state index is 0.0558. The second-order valence-electron chi connectivity index (χ2n) is 11.4. The molecule has 0 spiro atoms. The van der Waals surface area contributed by atoms with Crippen LogP contribution >= 0.6 is 0 Å². The fraction of sp³-hybridized carbons (Fsp3) is 0.250. The van der Waals surface area contributed by atoms with Crippen LogP contribution in [0.5, 0.6) is 23.0 Å². The van der Waals surface area contributed by atoms with E-state index in [1.807, 2.05) is 0 Å². The molecule has 4 aromatic carbocycles. The van der Waals surface area contributed by atoms with Gasteiger partial charge in [0, 0.05) is 0 Å². The number of hydrogen-bond acceptors (Lipinski definition) is 7. The highest BCUT2D eigenvalue weighted by atomic mass is 19.4. The lowest BCUT2D eigenvalue weighted by Gasteiger charge is -2.11. The molecule has 360 valence electrons. The first kappa shape index (κ1) is 58.3. The summed E-state index contributed by atoms with van der Waals surface area (Å²) in [7, 11) is -2.17. The Morgan fingerprint density at radius 3 is 0.359 bits per heavy atom. The third kappa shape index (κ3) is 21.1. The van der Waals surface area contributed by atoms with Gasteiger partial charge < -0.3 is 35.5 Å². The van der Waals surface area contributed by atoms with Gasteiger partial charge in [0.2, 0.25) is 0 Å². The van der Waals surface area contributed by atoms with Crippen molar-refractivity contribution < 1.29 is 141 Å². The lowest BCUT2D eigenvalue weighted by atomic mass is 10.1. The molecule has 0 saturated carbocycles. The van der Waals surface area contributed by atoms with E-state index in [1.165, 1.54) is 0 Å². The zero-order valence-electron chi connectivity index (χ0n) is 29.7. The number of hydrogen-bond donors (Lipinski definition) is 7. The summed E-state index contributed by atoms with van der Waals surface area (Å²) in [6, 6.07) is 1.63. The van der Waals surface area contributed by atoms with Gasteiger partial charge in [-0.25, -0.2) is 0 Å². The molecule has 0 aliphatic heterocycles. The van der Waals surface area contributed by atoms with E-state index >= 15 is 0 Å². The first-order chi connectivity index (χ1) is 28.1. The second kappa shape index (κ2) is 20.9. The molecule has 0 saturated heterocycles. The van der Waals surface area contributed by atoms with Crippen molar-refractivity contribution in [2.45, 2.75) is 49.4 Å². The average molecular weight is 982 g/mol. The molecule has 0 heterocycles. The van der Waals surface area contributed by atoms with Crippen LogP contribution in [0, 0.1) is 0 Å². The number of phenols is 4. The number of rotatable bonds is 0. The van der Waals surface area contributed by atoms with Gasteiger partial charge in [0.25, 0.3) is 0 Å². The normalized spacial score (nSPS) is 12.5. The molecule has 0 fully saturated rings. The highest BCUT2D eigenvalue weighted by molar-refractivity contribution is 6.30. The van der Waals surface area contributed by atoms with Gasteiger partial charge in [0.05, 0.1) is 44.5 Å². The number of aromatic hydroxyl groups is 4. The van der Waals surface area contributed by atoms with Gasteiger partial charge in [-0.1, -0.05) is 0 Å². The fourth-order valence-electron chi connectivity index (χ4n) is 3.75. The summed E-state index contributed by atoms with van der Waals surface area (Å²) in [4.78, 5) is 0. The van der Waals surface area contributed by atoms with E-state index in [0.717, 1.165) is 0 Å². The first-order valence-corrected chi connectivity index (χ1v) is 15.1. The molecule has 4 rings (SSSR count). The molecular formula is C32H19BF24O7. The molecule has 7 N–H and O–H groups in total. The predicted molar refractivity (Wildman–Crippen MR) is 165 cm³/mol. The van der Waals surface area contributed by atoms with Crippen LogP contribution in [-0.2, 0) is 49.4 Å². The standard InChI is InChI=1S/4C8H4F6O.BH3O3/c4*9-7(10,11)4-1-5(8(12,13)14)3-6(15)2-4;2-1(3)4/h4*1-3,15H;2-4H. The van der Waals surface area contributed by atoms with Crippen LogP contribution < -0.4 is 0 Å². The van der Waals surface area contributed by atoms with Crippen LogP contribution in [0.2, 0.25) is 0 Å². The van der Waals surface area contributed by atoms with Crippen LogP contribution in [-0.4, -0.2) is 42.8 Å².